The van der Waals surface area contributed by atoms with Crippen LogP contribution in [0.5, 0.6) is 5.75 Å². The number of alkyl halides is 2. The maximum absolute atomic E-state index is 12.3. The van der Waals surface area contributed by atoms with Crippen LogP contribution in [0.15, 0.2) is 47.4 Å². The topological polar surface area (TPSA) is 102 Å². The van der Waals surface area contributed by atoms with Gasteiger partial charge in [0.2, 0.25) is 10.0 Å². The van der Waals surface area contributed by atoms with Crippen LogP contribution in [-0.4, -0.2) is 51.9 Å². The lowest BCUT2D eigenvalue weighted by Gasteiger charge is -2.15. The Bertz CT molecular complexity index is 1040. The first-order chi connectivity index (χ1) is 14.0. The van der Waals surface area contributed by atoms with Crippen LogP contribution >= 0.6 is 0 Å². The highest BCUT2D eigenvalue weighted by Crippen LogP contribution is 2.22. The Labute approximate surface area is 172 Å². The largest absolute Gasteiger partial charge is 0.452 e. The van der Waals surface area contributed by atoms with Gasteiger partial charge in [0.05, 0.1) is 10.5 Å². The van der Waals surface area contributed by atoms with E-state index in [2.05, 4.69) is 10.1 Å². The molecule has 11 heteroatoms. The molecule has 1 N–H and O–H groups in total. The second-order valence-corrected chi connectivity index (χ2v) is 8.42. The van der Waals surface area contributed by atoms with Gasteiger partial charge in [-0.3, -0.25) is 4.79 Å². The van der Waals surface area contributed by atoms with Crippen molar-refractivity contribution in [3.8, 4) is 5.75 Å². The first kappa shape index (κ1) is 23.2. The number of amides is 1. The van der Waals surface area contributed by atoms with E-state index in [9.17, 15) is 26.8 Å². The van der Waals surface area contributed by atoms with Crippen LogP contribution in [0.4, 0.5) is 14.5 Å². The summed E-state index contributed by atoms with van der Waals surface area (Å²) in [6, 6.07) is 9.29. The Hall–Kier alpha value is -3.05. The van der Waals surface area contributed by atoms with Gasteiger partial charge in [-0.2, -0.15) is 8.78 Å². The Morgan fingerprint density at radius 3 is 2.47 bits per heavy atom. The van der Waals surface area contributed by atoms with Crippen molar-refractivity contribution in [2.24, 2.45) is 0 Å². The lowest BCUT2D eigenvalue weighted by atomic mass is 10.2. The van der Waals surface area contributed by atoms with Gasteiger partial charge < -0.3 is 14.8 Å². The number of hydrogen-bond donors (Lipinski definition) is 1. The zero-order chi connectivity index (χ0) is 22.5. The molecule has 0 aliphatic heterocycles. The van der Waals surface area contributed by atoms with Crippen molar-refractivity contribution in [3.63, 3.8) is 0 Å². The van der Waals surface area contributed by atoms with Crippen LogP contribution < -0.4 is 10.1 Å². The van der Waals surface area contributed by atoms with E-state index in [1.165, 1.54) is 50.5 Å². The van der Waals surface area contributed by atoms with Crippen LogP contribution in [0.1, 0.15) is 15.9 Å². The quantitative estimate of drug-likeness (QED) is 0.631. The normalized spacial score (nSPS) is 11.4. The smallest absolute Gasteiger partial charge is 0.387 e. The Kier molecular flexibility index (Phi) is 7.46. The van der Waals surface area contributed by atoms with Crippen molar-refractivity contribution in [2.45, 2.75) is 18.4 Å². The fourth-order valence-electron chi connectivity index (χ4n) is 2.36. The summed E-state index contributed by atoms with van der Waals surface area (Å²) in [5.41, 5.74) is 0.629. The van der Waals surface area contributed by atoms with Crippen molar-refractivity contribution in [2.75, 3.05) is 26.0 Å². The standard InChI is InChI=1S/C19H20F2N2O6S/c1-12-7-8-14(10-16(12)30(26,27)23(2)3)22-17(24)11-28-18(25)13-5-4-6-15(9-13)29-19(20)21/h4-10,19H,11H2,1-3H3,(H,22,24). The van der Waals surface area contributed by atoms with Gasteiger partial charge in [-0.1, -0.05) is 12.1 Å². The first-order valence-corrected chi connectivity index (χ1v) is 9.99. The molecule has 0 aliphatic carbocycles. The number of esters is 1. The third kappa shape index (κ3) is 5.97. The number of carbonyl (C=O) groups excluding carboxylic acids is 2. The molecule has 8 nitrogen and oxygen atoms in total. The van der Waals surface area contributed by atoms with E-state index >= 15 is 0 Å². The van der Waals surface area contributed by atoms with Crippen molar-refractivity contribution >= 4 is 27.6 Å². The zero-order valence-electron chi connectivity index (χ0n) is 16.4. The van der Waals surface area contributed by atoms with Crippen molar-refractivity contribution in [1.82, 2.24) is 4.31 Å². The maximum atomic E-state index is 12.3. The number of aryl methyl sites for hydroxylation is 1. The minimum atomic E-state index is -3.71. The maximum Gasteiger partial charge on any atom is 0.387 e. The molecular weight excluding hydrogens is 422 g/mol. The highest BCUT2D eigenvalue weighted by atomic mass is 32.2. The number of halogens is 2. The highest BCUT2D eigenvalue weighted by Gasteiger charge is 2.20. The van der Waals surface area contributed by atoms with E-state index in [0.29, 0.717) is 5.56 Å². The number of nitrogens with zero attached hydrogens (tertiary/aromatic N) is 1. The second kappa shape index (κ2) is 9.63. The third-order valence-electron chi connectivity index (χ3n) is 3.86. The lowest BCUT2D eigenvalue weighted by molar-refractivity contribution is -0.119. The van der Waals surface area contributed by atoms with Gasteiger partial charge in [-0.05, 0) is 42.8 Å². The molecule has 0 aromatic heterocycles. The number of ether oxygens (including phenoxy) is 2. The average molecular weight is 442 g/mol. The minimum Gasteiger partial charge on any atom is -0.452 e. The van der Waals surface area contributed by atoms with Crippen LogP contribution in [-0.2, 0) is 19.6 Å². The summed E-state index contributed by atoms with van der Waals surface area (Å²) in [6.45, 7) is -2.09. The third-order valence-corrected chi connectivity index (χ3v) is 5.82. The predicted molar refractivity (Wildman–Crippen MR) is 104 cm³/mol. The van der Waals surface area contributed by atoms with E-state index < -0.39 is 35.1 Å². The van der Waals surface area contributed by atoms with Crippen molar-refractivity contribution in [3.05, 3.63) is 53.6 Å². The molecule has 0 spiro atoms. The Balaban J connectivity index is 2.02. The number of carbonyl (C=O) groups is 2. The van der Waals surface area contributed by atoms with Crippen LogP contribution in [0.25, 0.3) is 0 Å². The number of anilines is 1. The summed E-state index contributed by atoms with van der Waals surface area (Å²) in [5.74, 6) is -1.84. The Morgan fingerprint density at radius 2 is 1.83 bits per heavy atom. The second-order valence-electron chi connectivity index (χ2n) is 6.30. The summed E-state index contributed by atoms with van der Waals surface area (Å²) in [6.07, 6.45) is 0. The van der Waals surface area contributed by atoms with Crippen molar-refractivity contribution < 1.29 is 36.3 Å². The molecule has 2 rings (SSSR count). The van der Waals surface area contributed by atoms with Gasteiger partial charge in [0.25, 0.3) is 5.91 Å². The average Bonchev–Trinajstić information content (AvgIpc) is 2.67. The molecule has 0 saturated carbocycles. The molecule has 0 saturated heterocycles. The Morgan fingerprint density at radius 1 is 1.13 bits per heavy atom. The molecule has 0 radical (unpaired) electrons. The van der Waals surface area contributed by atoms with Gasteiger partial charge in [0.15, 0.2) is 6.61 Å². The SMILES string of the molecule is Cc1ccc(NC(=O)COC(=O)c2cccc(OC(F)F)c2)cc1S(=O)(=O)N(C)C. The van der Waals surface area contributed by atoms with E-state index in [0.717, 1.165) is 10.4 Å². The van der Waals surface area contributed by atoms with Crippen LogP contribution in [0.2, 0.25) is 0 Å². The molecule has 0 aliphatic rings. The van der Waals surface area contributed by atoms with E-state index in [1.807, 2.05) is 0 Å². The summed E-state index contributed by atoms with van der Waals surface area (Å²) in [5, 5.41) is 2.44. The van der Waals surface area contributed by atoms with Gasteiger partial charge >= 0.3 is 12.6 Å². The van der Waals surface area contributed by atoms with Gasteiger partial charge in [-0.25, -0.2) is 17.5 Å². The molecule has 0 bridgehead atoms. The number of nitrogens with one attached hydrogen (secondary N) is 1. The first-order valence-electron chi connectivity index (χ1n) is 8.55. The number of sulfonamides is 1. The fourth-order valence-corrected chi connectivity index (χ4v) is 3.51. The molecule has 162 valence electrons. The minimum absolute atomic E-state index is 0.0261. The van der Waals surface area contributed by atoms with Crippen molar-refractivity contribution in [1.29, 1.82) is 0 Å². The molecular formula is C19H20F2N2O6S. The monoisotopic (exact) mass is 442 g/mol. The molecule has 30 heavy (non-hydrogen) atoms. The van der Waals surface area contributed by atoms with E-state index in [4.69, 9.17) is 4.74 Å². The molecule has 0 unspecified atom stereocenters. The zero-order valence-corrected chi connectivity index (χ0v) is 17.2. The van der Waals surface area contributed by atoms with Gasteiger partial charge in [0.1, 0.15) is 5.75 Å². The van der Waals surface area contributed by atoms with Crippen LogP contribution in [0, 0.1) is 6.92 Å². The molecule has 1 amide bonds. The number of rotatable bonds is 8. The molecule has 0 fully saturated rings. The number of benzene rings is 2. The molecule has 0 atom stereocenters. The predicted octanol–water partition coefficient (Wildman–Crippen LogP) is 2.64. The van der Waals surface area contributed by atoms with Crippen LogP contribution in [0.3, 0.4) is 0 Å². The summed E-state index contributed by atoms with van der Waals surface area (Å²) in [4.78, 5) is 24.1. The lowest BCUT2D eigenvalue weighted by Crippen LogP contribution is -2.24. The number of hydrogen-bond acceptors (Lipinski definition) is 6. The van der Waals surface area contributed by atoms with E-state index in [1.54, 1.807) is 6.92 Å². The van der Waals surface area contributed by atoms with Gasteiger partial charge in [0, 0.05) is 19.8 Å². The summed E-state index contributed by atoms with van der Waals surface area (Å²) in [7, 11) is -0.930. The molecule has 2 aromatic rings. The highest BCUT2D eigenvalue weighted by molar-refractivity contribution is 7.89. The van der Waals surface area contributed by atoms with E-state index in [-0.39, 0.29) is 21.9 Å². The summed E-state index contributed by atoms with van der Waals surface area (Å²) < 4.78 is 59.3. The van der Waals surface area contributed by atoms with Gasteiger partial charge in [-0.15, -0.1) is 0 Å². The molecule has 0 heterocycles. The fraction of sp³-hybridized carbons (Fsp3) is 0.263. The summed E-state index contributed by atoms with van der Waals surface area (Å²) >= 11 is 0. The molecule has 2 aromatic carbocycles.